The van der Waals surface area contributed by atoms with Crippen molar-refractivity contribution in [3.63, 3.8) is 0 Å². The van der Waals surface area contributed by atoms with Gasteiger partial charge >= 0.3 is 0 Å². The van der Waals surface area contributed by atoms with Crippen LogP contribution in [0.15, 0.2) is 48.5 Å². The maximum atomic E-state index is 12.7. The summed E-state index contributed by atoms with van der Waals surface area (Å²) in [5, 5.41) is 7.13. The molecule has 0 aliphatic heterocycles. The van der Waals surface area contributed by atoms with Crippen molar-refractivity contribution in [2.45, 2.75) is 44.7 Å². The van der Waals surface area contributed by atoms with Crippen molar-refractivity contribution in [1.29, 1.82) is 0 Å². The molecule has 4 rings (SSSR count). The molecule has 1 saturated carbocycles. The summed E-state index contributed by atoms with van der Waals surface area (Å²) in [5.41, 5.74) is 8.12. The second-order valence-corrected chi connectivity index (χ2v) is 8.80. The highest BCUT2D eigenvalue weighted by atomic mass is 32.1. The number of carbonyl (C=O) groups is 2. The maximum Gasteiger partial charge on any atom is 0.265 e. The molecule has 1 aliphatic rings. The zero-order valence-corrected chi connectivity index (χ0v) is 17.2. The molecule has 1 fully saturated rings. The largest absolute Gasteiger partial charge is 0.349 e. The molecule has 0 atom stereocenters. The number of hydrogen-bond acceptors (Lipinski definition) is 4. The molecule has 4 N–H and O–H groups in total. The second kappa shape index (κ2) is 8.35. The molecule has 6 heteroatoms. The van der Waals surface area contributed by atoms with E-state index in [1.165, 1.54) is 11.3 Å². The van der Waals surface area contributed by atoms with E-state index in [-0.39, 0.29) is 23.9 Å². The number of anilines is 1. The van der Waals surface area contributed by atoms with Gasteiger partial charge < -0.3 is 16.4 Å². The Kier molecular flexibility index (Phi) is 5.65. The lowest BCUT2D eigenvalue weighted by atomic mass is 9.91. The van der Waals surface area contributed by atoms with Crippen LogP contribution in [0.4, 0.5) is 5.69 Å². The molecule has 0 bridgehead atoms. The van der Waals surface area contributed by atoms with Crippen LogP contribution in [0.25, 0.3) is 10.1 Å². The highest BCUT2D eigenvalue weighted by molar-refractivity contribution is 7.20. The van der Waals surface area contributed by atoms with Crippen molar-refractivity contribution in [3.05, 3.63) is 64.5 Å². The molecule has 150 valence electrons. The van der Waals surface area contributed by atoms with Crippen LogP contribution >= 0.6 is 11.3 Å². The minimum atomic E-state index is -0.134. The summed E-state index contributed by atoms with van der Waals surface area (Å²) in [6.45, 7) is 1.90. The van der Waals surface area contributed by atoms with Crippen LogP contribution in [0.3, 0.4) is 0 Å². The van der Waals surface area contributed by atoms with Crippen molar-refractivity contribution in [3.8, 4) is 0 Å². The topological polar surface area (TPSA) is 84.2 Å². The van der Waals surface area contributed by atoms with Crippen LogP contribution in [0, 0.1) is 6.92 Å². The predicted octanol–water partition coefficient (Wildman–Crippen LogP) is 4.46. The van der Waals surface area contributed by atoms with Gasteiger partial charge in [-0.1, -0.05) is 18.2 Å². The molecular weight excluding hydrogens is 382 g/mol. The van der Waals surface area contributed by atoms with E-state index in [4.69, 9.17) is 5.73 Å². The van der Waals surface area contributed by atoms with Crippen molar-refractivity contribution in [2.24, 2.45) is 5.73 Å². The Hall–Kier alpha value is -2.70. The highest BCUT2D eigenvalue weighted by Crippen LogP contribution is 2.27. The third-order valence-electron chi connectivity index (χ3n) is 5.49. The summed E-state index contributed by atoms with van der Waals surface area (Å²) < 4.78 is 1.09. The summed E-state index contributed by atoms with van der Waals surface area (Å²) in [5.74, 6) is -0.207. The van der Waals surface area contributed by atoms with E-state index in [1.807, 2.05) is 43.3 Å². The minimum Gasteiger partial charge on any atom is -0.349 e. The summed E-state index contributed by atoms with van der Waals surface area (Å²) >= 11 is 1.47. The molecule has 0 saturated heterocycles. The predicted molar refractivity (Wildman–Crippen MR) is 119 cm³/mol. The number of rotatable bonds is 4. The lowest BCUT2D eigenvalue weighted by molar-refractivity contribution is 0.0925. The molecule has 5 nitrogen and oxygen atoms in total. The Morgan fingerprint density at radius 1 is 1.00 bits per heavy atom. The van der Waals surface area contributed by atoms with Crippen molar-refractivity contribution < 1.29 is 9.59 Å². The van der Waals surface area contributed by atoms with Gasteiger partial charge in [-0.3, -0.25) is 9.59 Å². The number of benzene rings is 2. The summed E-state index contributed by atoms with van der Waals surface area (Å²) in [6, 6.07) is 15.7. The number of nitrogens with two attached hydrogens (primary N) is 1. The Morgan fingerprint density at radius 3 is 2.48 bits per heavy atom. The highest BCUT2D eigenvalue weighted by Gasteiger charge is 2.21. The standard InChI is InChI=1S/C23H25N3O2S/c1-14-12-16(22(27)25-18-9-7-17(24)8-10-18)6-11-19(14)26-23(28)21-13-15-4-2-3-5-20(15)29-21/h2-6,11-13,17-18H,7-10,24H2,1H3,(H,25,27)(H,26,28). The Balaban J connectivity index is 1.42. The van der Waals surface area contributed by atoms with E-state index in [1.54, 1.807) is 12.1 Å². The first-order valence-corrected chi connectivity index (χ1v) is 10.8. The maximum absolute atomic E-state index is 12.7. The SMILES string of the molecule is Cc1cc(C(=O)NC2CCC(N)CC2)ccc1NC(=O)c1cc2ccccc2s1. The first-order chi connectivity index (χ1) is 14.0. The van der Waals surface area contributed by atoms with Crippen molar-refractivity contribution in [2.75, 3.05) is 5.32 Å². The van der Waals surface area contributed by atoms with E-state index >= 15 is 0 Å². The van der Waals surface area contributed by atoms with Gasteiger partial charge in [-0.25, -0.2) is 0 Å². The number of thiophene rings is 1. The number of amides is 2. The average molecular weight is 408 g/mol. The Labute approximate surface area is 174 Å². The third-order valence-corrected chi connectivity index (χ3v) is 6.61. The van der Waals surface area contributed by atoms with Gasteiger partial charge in [0.05, 0.1) is 4.88 Å². The van der Waals surface area contributed by atoms with Gasteiger partial charge in [-0.05, 0) is 73.9 Å². The fraction of sp³-hybridized carbons (Fsp3) is 0.304. The lowest BCUT2D eigenvalue weighted by Gasteiger charge is -2.26. The molecule has 2 aromatic carbocycles. The monoisotopic (exact) mass is 407 g/mol. The summed E-state index contributed by atoms with van der Waals surface area (Å²) in [6.07, 6.45) is 3.75. The van der Waals surface area contributed by atoms with E-state index in [9.17, 15) is 9.59 Å². The molecule has 1 aromatic heterocycles. The Morgan fingerprint density at radius 2 is 1.76 bits per heavy atom. The summed E-state index contributed by atoms with van der Waals surface area (Å²) in [7, 11) is 0. The molecule has 0 unspecified atom stereocenters. The normalized spacial score (nSPS) is 19.1. The minimum absolute atomic E-state index is 0.0732. The van der Waals surface area contributed by atoms with Gasteiger partial charge in [0, 0.05) is 28.0 Å². The van der Waals surface area contributed by atoms with Crippen LogP contribution in [-0.4, -0.2) is 23.9 Å². The number of aryl methyl sites for hydroxylation is 1. The van der Waals surface area contributed by atoms with Gasteiger partial charge in [0.15, 0.2) is 0 Å². The van der Waals surface area contributed by atoms with Crippen LogP contribution in [0.5, 0.6) is 0 Å². The molecule has 0 spiro atoms. The molecule has 2 amide bonds. The smallest absolute Gasteiger partial charge is 0.265 e. The van der Waals surface area contributed by atoms with Crippen LogP contribution < -0.4 is 16.4 Å². The third kappa shape index (κ3) is 4.49. The quantitative estimate of drug-likeness (QED) is 0.597. The van der Waals surface area contributed by atoms with Gasteiger partial charge in [0.2, 0.25) is 0 Å². The first-order valence-electron chi connectivity index (χ1n) is 9.96. The van der Waals surface area contributed by atoms with E-state index < -0.39 is 0 Å². The molecule has 0 radical (unpaired) electrons. The number of carbonyl (C=O) groups excluding carboxylic acids is 2. The van der Waals surface area contributed by atoms with Gasteiger partial charge in [-0.2, -0.15) is 0 Å². The van der Waals surface area contributed by atoms with E-state index in [0.29, 0.717) is 16.1 Å². The van der Waals surface area contributed by atoms with Crippen LogP contribution in [-0.2, 0) is 0 Å². The zero-order valence-electron chi connectivity index (χ0n) is 16.4. The molecular formula is C23H25N3O2S. The molecule has 1 heterocycles. The fourth-order valence-electron chi connectivity index (χ4n) is 3.76. The lowest BCUT2D eigenvalue weighted by Crippen LogP contribution is -2.40. The summed E-state index contributed by atoms with van der Waals surface area (Å²) in [4.78, 5) is 25.9. The molecule has 1 aliphatic carbocycles. The zero-order chi connectivity index (χ0) is 20.4. The van der Waals surface area contributed by atoms with Gasteiger partial charge in [-0.15, -0.1) is 11.3 Å². The Bertz CT molecular complexity index is 1020. The van der Waals surface area contributed by atoms with Crippen molar-refractivity contribution >= 4 is 38.9 Å². The molecule has 29 heavy (non-hydrogen) atoms. The van der Waals surface area contributed by atoms with Crippen LogP contribution in [0.1, 0.15) is 51.3 Å². The van der Waals surface area contributed by atoms with E-state index in [2.05, 4.69) is 10.6 Å². The number of hydrogen-bond donors (Lipinski definition) is 3. The first kappa shape index (κ1) is 19.6. The van der Waals surface area contributed by atoms with Gasteiger partial charge in [0.1, 0.15) is 0 Å². The number of fused-ring (bicyclic) bond motifs is 1. The van der Waals surface area contributed by atoms with Crippen LogP contribution in [0.2, 0.25) is 0 Å². The second-order valence-electron chi connectivity index (χ2n) is 7.72. The van der Waals surface area contributed by atoms with E-state index in [0.717, 1.165) is 41.3 Å². The number of nitrogens with one attached hydrogen (secondary N) is 2. The van der Waals surface area contributed by atoms with Crippen molar-refractivity contribution in [1.82, 2.24) is 5.32 Å². The van der Waals surface area contributed by atoms with Gasteiger partial charge in [0.25, 0.3) is 11.8 Å². The fourth-order valence-corrected chi connectivity index (χ4v) is 4.71. The average Bonchev–Trinajstić information content (AvgIpc) is 3.15. The molecule has 3 aromatic rings.